The van der Waals surface area contributed by atoms with Crippen LogP contribution in [0.3, 0.4) is 0 Å². The van der Waals surface area contributed by atoms with Crippen molar-refractivity contribution in [3.8, 4) is 5.75 Å². The number of benzene rings is 1. The Balaban J connectivity index is 1.91. The third kappa shape index (κ3) is 6.33. The molecule has 0 unspecified atom stereocenters. The second-order valence-electron chi connectivity index (χ2n) is 7.17. The predicted molar refractivity (Wildman–Crippen MR) is 107 cm³/mol. The lowest BCUT2D eigenvalue weighted by Crippen LogP contribution is -2.53. The third-order valence-corrected chi connectivity index (χ3v) is 4.37. The molecule has 9 nitrogen and oxygen atoms in total. The van der Waals surface area contributed by atoms with Gasteiger partial charge in [0.1, 0.15) is 11.3 Å². The normalized spacial score (nSPS) is 11.9. The first-order chi connectivity index (χ1) is 14.2. The number of aryl methyl sites for hydroxylation is 1. The third-order valence-electron chi connectivity index (χ3n) is 4.37. The molecule has 0 bridgehead atoms. The second-order valence-corrected chi connectivity index (χ2v) is 7.17. The second kappa shape index (κ2) is 10.4. The number of hydrogen-bond donors (Lipinski definition) is 2. The first kappa shape index (κ1) is 22.9. The Morgan fingerprint density at radius 2 is 1.90 bits per heavy atom. The standard InChI is InChI=1S/C21H26N2O7/c1-4-5-13-8-19(26)30-16-9-14(6-7-15(13)16)29-11-18(25)22-10-17(24)23-20(12(2)3)21(27)28/h6-9,12,20H,4-5,10-11H2,1-3H3,(H,22,25)(H,23,24)(H,27,28)/p-1/t20-/m0/s1. The van der Waals surface area contributed by atoms with Crippen LogP contribution in [0.5, 0.6) is 5.75 Å². The molecule has 2 N–H and O–H groups in total. The molecule has 0 aliphatic heterocycles. The molecule has 0 saturated carbocycles. The van der Waals surface area contributed by atoms with Crippen molar-refractivity contribution in [2.24, 2.45) is 5.92 Å². The van der Waals surface area contributed by atoms with Gasteiger partial charge in [0.2, 0.25) is 5.91 Å². The molecule has 0 fully saturated rings. The number of carbonyl (C=O) groups is 3. The van der Waals surface area contributed by atoms with Gasteiger partial charge in [-0.05, 0) is 30.0 Å². The Bertz CT molecular complexity index is 981. The minimum absolute atomic E-state index is 0.329. The van der Waals surface area contributed by atoms with Crippen molar-refractivity contribution in [1.29, 1.82) is 0 Å². The number of nitrogens with one attached hydrogen (secondary N) is 2. The highest BCUT2D eigenvalue weighted by molar-refractivity contribution is 5.88. The van der Waals surface area contributed by atoms with E-state index in [4.69, 9.17) is 9.15 Å². The van der Waals surface area contributed by atoms with E-state index in [9.17, 15) is 24.3 Å². The quantitative estimate of drug-likeness (QED) is 0.524. The maximum Gasteiger partial charge on any atom is 0.336 e. The number of hydrogen-bond acceptors (Lipinski definition) is 7. The Morgan fingerprint density at radius 1 is 1.17 bits per heavy atom. The van der Waals surface area contributed by atoms with Crippen LogP contribution in [-0.2, 0) is 20.8 Å². The number of fused-ring (bicyclic) bond motifs is 1. The Hall–Kier alpha value is -3.36. The van der Waals surface area contributed by atoms with Gasteiger partial charge in [-0.3, -0.25) is 9.59 Å². The monoisotopic (exact) mass is 417 g/mol. The fourth-order valence-electron chi connectivity index (χ4n) is 2.88. The maximum atomic E-state index is 11.9. The molecule has 30 heavy (non-hydrogen) atoms. The van der Waals surface area contributed by atoms with Gasteiger partial charge in [0.15, 0.2) is 6.61 Å². The van der Waals surface area contributed by atoms with Crippen molar-refractivity contribution >= 4 is 28.8 Å². The van der Waals surface area contributed by atoms with Crippen LogP contribution in [-0.4, -0.2) is 37.0 Å². The Labute approximate surface area is 173 Å². The number of ether oxygens (including phenoxy) is 1. The minimum atomic E-state index is -1.39. The lowest BCUT2D eigenvalue weighted by Gasteiger charge is -2.23. The van der Waals surface area contributed by atoms with Crippen LogP contribution in [0.15, 0.2) is 33.5 Å². The van der Waals surface area contributed by atoms with E-state index in [1.165, 1.54) is 12.1 Å². The van der Waals surface area contributed by atoms with E-state index >= 15 is 0 Å². The molecule has 2 rings (SSSR count). The fraction of sp³-hybridized carbons (Fsp3) is 0.429. The van der Waals surface area contributed by atoms with Gasteiger partial charge in [0.05, 0.1) is 18.6 Å². The van der Waals surface area contributed by atoms with Crippen molar-refractivity contribution in [3.63, 3.8) is 0 Å². The van der Waals surface area contributed by atoms with Crippen LogP contribution in [0.1, 0.15) is 32.8 Å². The maximum absolute atomic E-state index is 11.9. The lowest BCUT2D eigenvalue weighted by atomic mass is 10.1. The summed E-state index contributed by atoms with van der Waals surface area (Å²) in [5.74, 6) is -2.64. The first-order valence-corrected chi connectivity index (χ1v) is 9.67. The van der Waals surface area contributed by atoms with Gasteiger partial charge in [-0.2, -0.15) is 0 Å². The van der Waals surface area contributed by atoms with Crippen molar-refractivity contribution in [1.82, 2.24) is 10.6 Å². The summed E-state index contributed by atoms with van der Waals surface area (Å²) in [4.78, 5) is 46.4. The van der Waals surface area contributed by atoms with Crippen molar-refractivity contribution in [3.05, 3.63) is 40.2 Å². The van der Waals surface area contributed by atoms with E-state index in [1.54, 1.807) is 26.0 Å². The largest absolute Gasteiger partial charge is 0.548 e. The molecular weight excluding hydrogens is 392 g/mol. The van der Waals surface area contributed by atoms with Gasteiger partial charge in [0.25, 0.3) is 5.91 Å². The van der Waals surface area contributed by atoms with E-state index in [-0.39, 0.29) is 12.5 Å². The lowest BCUT2D eigenvalue weighted by molar-refractivity contribution is -0.309. The summed E-state index contributed by atoms with van der Waals surface area (Å²) in [5.41, 5.74) is 0.795. The summed E-state index contributed by atoms with van der Waals surface area (Å²) in [6.45, 7) is 4.50. The van der Waals surface area contributed by atoms with Crippen molar-refractivity contribution < 1.29 is 28.6 Å². The number of carbonyl (C=O) groups excluding carboxylic acids is 3. The zero-order chi connectivity index (χ0) is 22.3. The molecule has 1 aromatic heterocycles. The predicted octanol–water partition coefficient (Wildman–Crippen LogP) is 0.131. The van der Waals surface area contributed by atoms with Gasteiger partial charge in [-0.25, -0.2) is 4.79 Å². The number of rotatable bonds is 10. The molecule has 2 aromatic rings. The minimum Gasteiger partial charge on any atom is -0.548 e. The van der Waals surface area contributed by atoms with Gasteiger partial charge in [-0.1, -0.05) is 27.2 Å². The van der Waals surface area contributed by atoms with Gasteiger partial charge >= 0.3 is 5.63 Å². The average molecular weight is 417 g/mol. The molecule has 9 heteroatoms. The van der Waals surface area contributed by atoms with Crippen LogP contribution in [0, 0.1) is 5.92 Å². The highest BCUT2D eigenvalue weighted by Gasteiger charge is 2.17. The molecule has 0 aliphatic rings. The van der Waals surface area contributed by atoms with E-state index < -0.39 is 36.0 Å². The molecule has 0 saturated heterocycles. The van der Waals surface area contributed by atoms with Crippen LogP contribution in [0.4, 0.5) is 0 Å². The van der Waals surface area contributed by atoms with Gasteiger partial charge < -0.3 is 29.7 Å². The van der Waals surface area contributed by atoms with E-state index in [2.05, 4.69) is 10.6 Å². The highest BCUT2D eigenvalue weighted by atomic mass is 16.5. The highest BCUT2D eigenvalue weighted by Crippen LogP contribution is 2.23. The molecule has 1 aromatic carbocycles. The fourth-order valence-corrected chi connectivity index (χ4v) is 2.88. The Morgan fingerprint density at radius 3 is 2.53 bits per heavy atom. The summed E-state index contributed by atoms with van der Waals surface area (Å²) in [6, 6.07) is 5.28. The number of amides is 2. The zero-order valence-electron chi connectivity index (χ0n) is 17.2. The van der Waals surface area contributed by atoms with Crippen LogP contribution in [0.2, 0.25) is 0 Å². The topological polar surface area (TPSA) is 138 Å². The zero-order valence-corrected chi connectivity index (χ0v) is 17.2. The molecule has 2 amide bonds. The van der Waals surface area contributed by atoms with E-state index in [0.29, 0.717) is 11.3 Å². The smallest absolute Gasteiger partial charge is 0.336 e. The van der Waals surface area contributed by atoms with Crippen molar-refractivity contribution in [2.75, 3.05) is 13.2 Å². The van der Waals surface area contributed by atoms with Crippen LogP contribution >= 0.6 is 0 Å². The summed E-state index contributed by atoms with van der Waals surface area (Å²) in [5, 5.41) is 16.4. The number of carboxylic acids is 1. The molecular formula is C21H25N2O7-. The molecule has 1 atom stereocenters. The SMILES string of the molecule is CCCc1cc(=O)oc2cc(OCC(=O)NCC(=O)N[C@H](C(=O)[O-])C(C)C)ccc12. The Kier molecular flexibility index (Phi) is 7.97. The molecule has 0 aliphatic carbocycles. The summed E-state index contributed by atoms with van der Waals surface area (Å²) in [6.07, 6.45) is 1.62. The summed E-state index contributed by atoms with van der Waals surface area (Å²) < 4.78 is 10.6. The number of carboxylic acid groups (broad SMARTS) is 1. The summed E-state index contributed by atoms with van der Waals surface area (Å²) >= 11 is 0. The van der Waals surface area contributed by atoms with Crippen molar-refractivity contribution in [2.45, 2.75) is 39.7 Å². The summed E-state index contributed by atoms with van der Waals surface area (Å²) in [7, 11) is 0. The number of aliphatic carboxylic acids is 1. The van der Waals surface area contributed by atoms with E-state index in [0.717, 1.165) is 23.8 Å². The molecule has 162 valence electrons. The van der Waals surface area contributed by atoms with Gasteiger partial charge in [0, 0.05) is 17.5 Å². The van der Waals surface area contributed by atoms with Crippen LogP contribution in [0.25, 0.3) is 11.0 Å². The first-order valence-electron chi connectivity index (χ1n) is 9.67. The molecule has 1 heterocycles. The molecule has 0 spiro atoms. The van der Waals surface area contributed by atoms with Gasteiger partial charge in [-0.15, -0.1) is 0 Å². The average Bonchev–Trinajstić information content (AvgIpc) is 2.68. The molecule has 0 radical (unpaired) electrons. The van der Waals surface area contributed by atoms with Crippen LogP contribution < -0.4 is 26.1 Å². The van der Waals surface area contributed by atoms with E-state index in [1.807, 2.05) is 6.92 Å².